The standard InChI is InChI=1S/C28H27N3OS/c1-3-19(2)29-27(32)16-14-23-28(20-9-5-4-6-10-20)30-26-15-13-22(18-31(23)26)25-17-21-11-7-8-12-24(21)33-25/h4-13,15,17-19H,3,14,16H2,1-2H3,(H,29,32). The van der Waals surface area contributed by atoms with Crippen LogP contribution in [0.25, 0.3) is 37.4 Å². The summed E-state index contributed by atoms with van der Waals surface area (Å²) in [6.45, 7) is 4.12. The van der Waals surface area contributed by atoms with Crippen molar-refractivity contribution < 1.29 is 4.79 Å². The normalized spacial score (nSPS) is 12.3. The Balaban J connectivity index is 1.56. The summed E-state index contributed by atoms with van der Waals surface area (Å²) in [4.78, 5) is 18.7. The van der Waals surface area contributed by atoms with Crippen LogP contribution < -0.4 is 5.32 Å². The van der Waals surface area contributed by atoms with Gasteiger partial charge < -0.3 is 9.72 Å². The van der Waals surface area contributed by atoms with E-state index in [2.05, 4.69) is 77.4 Å². The lowest BCUT2D eigenvalue weighted by atomic mass is 10.1. The topological polar surface area (TPSA) is 46.4 Å². The number of imidazole rings is 1. The highest BCUT2D eigenvalue weighted by Gasteiger charge is 2.17. The van der Waals surface area contributed by atoms with Gasteiger partial charge in [0, 0.05) is 39.4 Å². The third kappa shape index (κ3) is 4.41. The maximum Gasteiger partial charge on any atom is 0.220 e. The summed E-state index contributed by atoms with van der Waals surface area (Å²) in [7, 11) is 0. The highest BCUT2D eigenvalue weighted by molar-refractivity contribution is 7.22. The molecule has 0 saturated carbocycles. The molecule has 2 aromatic carbocycles. The molecule has 0 radical (unpaired) electrons. The molecule has 5 rings (SSSR count). The second kappa shape index (κ2) is 9.20. The van der Waals surface area contributed by atoms with Crippen LogP contribution in [-0.4, -0.2) is 21.3 Å². The van der Waals surface area contributed by atoms with Crippen LogP contribution in [0.2, 0.25) is 0 Å². The fourth-order valence-corrected chi connectivity index (χ4v) is 5.16. The number of pyridine rings is 1. The SMILES string of the molecule is CCC(C)NC(=O)CCc1c(-c2ccccc2)nc2ccc(-c3cc4ccccc4s3)cn12. The zero-order chi connectivity index (χ0) is 22.8. The fraction of sp³-hybridized carbons (Fsp3) is 0.214. The molecule has 4 nitrogen and oxygen atoms in total. The molecule has 33 heavy (non-hydrogen) atoms. The van der Waals surface area contributed by atoms with Gasteiger partial charge >= 0.3 is 0 Å². The summed E-state index contributed by atoms with van der Waals surface area (Å²) < 4.78 is 3.45. The van der Waals surface area contributed by atoms with E-state index >= 15 is 0 Å². The molecule has 1 amide bonds. The van der Waals surface area contributed by atoms with Gasteiger partial charge in [0.15, 0.2) is 0 Å². The van der Waals surface area contributed by atoms with Crippen molar-refractivity contribution in [3.8, 4) is 21.7 Å². The van der Waals surface area contributed by atoms with Crippen LogP contribution in [0, 0.1) is 0 Å². The fourth-order valence-electron chi connectivity index (χ4n) is 4.11. The molecule has 5 heteroatoms. The minimum atomic E-state index is 0.0824. The third-order valence-corrected chi connectivity index (χ3v) is 7.25. The minimum absolute atomic E-state index is 0.0824. The molecule has 0 fully saturated rings. The number of thiophene rings is 1. The van der Waals surface area contributed by atoms with Gasteiger partial charge in [-0.1, -0.05) is 55.5 Å². The van der Waals surface area contributed by atoms with Crippen molar-refractivity contribution in [3.63, 3.8) is 0 Å². The van der Waals surface area contributed by atoms with Crippen molar-refractivity contribution in [2.24, 2.45) is 0 Å². The Hall–Kier alpha value is -3.44. The maximum absolute atomic E-state index is 12.5. The number of hydrogen-bond donors (Lipinski definition) is 1. The van der Waals surface area contributed by atoms with Gasteiger partial charge in [0.25, 0.3) is 0 Å². The molecule has 3 heterocycles. The summed E-state index contributed by atoms with van der Waals surface area (Å²) >= 11 is 1.80. The summed E-state index contributed by atoms with van der Waals surface area (Å²) in [5, 5.41) is 4.34. The van der Waals surface area contributed by atoms with Crippen molar-refractivity contribution in [3.05, 3.63) is 84.7 Å². The molecular formula is C28H27N3OS. The van der Waals surface area contributed by atoms with E-state index in [9.17, 15) is 4.79 Å². The number of carbonyl (C=O) groups is 1. The summed E-state index contributed by atoms with van der Waals surface area (Å²) in [6.07, 6.45) is 4.16. The van der Waals surface area contributed by atoms with Crippen LogP contribution in [0.3, 0.4) is 0 Å². The van der Waals surface area contributed by atoms with Gasteiger partial charge in [-0.15, -0.1) is 11.3 Å². The van der Waals surface area contributed by atoms with Crippen LogP contribution in [0.4, 0.5) is 0 Å². The van der Waals surface area contributed by atoms with Crippen molar-refractivity contribution in [2.45, 2.75) is 39.2 Å². The van der Waals surface area contributed by atoms with E-state index in [4.69, 9.17) is 4.98 Å². The molecular weight excluding hydrogens is 426 g/mol. The van der Waals surface area contributed by atoms with E-state index in [1.54, 1.807) is 11.3 Å². The second-order valence-corrected chi connectivity index (χ2v) is 9.53. The van der Waals surface area contributed by atoms with Crippen LogP contribution in [0.15, 0.2) is 79.0 Å². The molecule has 166 valence electrons. The van der Waals surface area contributed by atoms with Gasteiger partial charge in [-0.3, -0.25) is 4.79 Å². The van der Waals surface area contributed by atoms with Gasteiger partial charge in [-0.2, -0.15) is 0 Å². The zero-order valence-electron chi connectivity index (χ0n) is 18.9. The number of rotatable bonds is 7. The molecule has 0 spiro atoms. The Bertz CT molecular complexity index is 1380. The summed E-state index contributed by atoms with van der Waals surface area (Å²) in [5.41, 5.74) is 5.14. The Kier molecular flexibility index (Phi) is 5.97. The van der Waals surface area contributed by atoms with E-state index in [0.29, 0.717) is 12.8 Å². The number of nitrogens with one attached hydrogen (secondary N) is 1. The van der Waals surface area contributed by atoms with Gasteiger partial charge in [0.05, 0.1) is 11.4 Å². The van der Waals surface area contributed by atoms with Crippen molar-refractivity contribution in [2.75, 3.05) is 0 Å². The Morgan fingerprint density at radius 3 is 2.61 bits per heavy atom. The molecule has 1 N–H and O–H groups in total. The van der Waals surface area contributed by atoms with Gasteiger partial charge in [0.2, 0.25) is 5.91 Å². The third-order valence-electron chi connectivity index (χ3n) is 6.08. The number of nitrogens with zero attached hydrogens (tertiary/aromatic N) is 2. The summed E-state index contributed by atoms with van der Waals surface area (Å²) in [5.74, 6) is 0.0824. The molecule has 3 aromatic heterocycles. The van der Waals surface area contributed by atoms with Gasteiger partial charge in [-0.05, 0) is 49.4 Å². The number of amides is 1. The van der Waals surface area contributed by atoms with Crippen molar-refractivity contribution in [1.29, 1.82) is 0 Å². The number of benzene rings is 2. The first kappa shape index (κ1) is 21.4. The van der Waals surface area contributed by atoms with E-state index in [1.807, 2.05) is 25.1 Å². The first-order valence-electron chi connectivity index (χ1n) is 11.5. The van der Waals surface area contributed by atoms with Crippen LogP contribution in [-0.2, 0) is 11.2 Å². The van der Waals surface area contributed by atoms with E-state index in [0.717, 1.165) is 34.6 Å². The molecule has 0 saturated heterocycles. The average molecular weight is 454 g/mol. The quantitative estimate of drug-likeness (QED) is 0.297. The predicted molar refractivity (Wildman–Crippen MR) is 138 cm³/mol. The van der Waals surface area contributed by atoms with E-state index in [1.165, 1.54) is 15.0 Å². The predicted octanol–water partition coefficient (Wildman–Crippen LogP) is 6.73. The van der Waals surface area contributed by atoms with Crippen LogP contribution >= 0.6 is 11.3 Å². The van der Waals surface area contributed by atoms with Crippen molar-refractivity contribution >= 4 is 33.0 Å². The van der Waals surface area contributed by atoms with E-state index < -0.39 is 0 Å². The highest BCUT2D eigenvalue weighted by atomic mass is 32.1. The Morgan fingerprint density at radius 2 is 1.82 bits per heavy atom. The average Bonchev–Trinajstić information content (AvgIpc) is 3.44. The molecule has 1 atom stereocenters. The molecule has 0 aliphatic rings. The largest absolute Gasteiger partial charge is 0.354 e. The molecule has 0 aliphatic carbocycles. The lowest BCUT2D eigenvalue weighted by Gasteiger charge is -2.12. The first-order chi connectivity index (χ1) is 16.1. The molecule has 5 aromatic rings. The minimum Gasteiger partial charge on any atom is -0.354 e. The van der Waals surface area contributed by atoms with Crippen LogP contribution in [0.5, 0.6) is 0 Å². The molecule has 0 bridgehead atoms. The summed E-state index contributed by atoms with van der Waals surface area (Å²) in [6, 6.07) is 25.4. The Labute approximate surface area is 197 Å². The number of aromatic nitrogens is 2. The smallest absolute Gasteiger partial charge is 0.220 e. The number of fused-ring (bicyclic) bond motifs is 2. The first-order valence-corrected chi connectivity index (χ1v) is 12.3. The Morgan fingerprint density at radius 1 is 1.03 bits per heavy atom. The van der Waals surface area contributed by atoms with Gasteiger partial charge in [-0.25, -0.2) is 4.98 Å². The monoisotopic (exact) mass is 453 g/mol. The molecule has 0 aliphatic heterocycles. The van der Waals surface area contributed by atoms with E-state index in [-0.39, 0.29) is 11.9 Å². The number of hydrogen-bond acceptors (Lipinski definition) is 3. The maximum atomic E-state index is 12.5. The number of carbonyl (C=O) groups excluding carboxylic acids is 1. The van der Waals surface area contributed by atoms with Gasteiger partial charge in [0.1, 0.15) is 5.65 Å². The van der Waals surface area contributed by atoms with Crippen LogP contribution in [0.1, 0.15) is 32.4 Å². The number of aryl methyl sites for hydroxylation is 1. The zero-order valence-corrected chi connectivity index (χ0v) is 19.7. The lowest BCUT2D eigenvalue weighted by Crippen LogP contribution is -2.32. The highest BCUT2D eigenvalue weighted by Crippen LogP contribution is 2.34. The molecule has 1 unspecified atom stereocenters. The lowest BCUT2D eigenvalue weighted by molar-refractivity contribution is -0.121. The second-order valence-electron chi connectivity index (χ2n) is 8.44. The van der Waals surface area contributed by atoms with Crippen molar-refractivity contribution in [1.82, 2.24) is 14.7 Å².